The van der Waals surface area contributed by atoms with Crippen molar-refractivity contribution < 1.29 is 78.6 Å². The molecule has 0 saturated carbocycles. The van der Waals surface area contributed by atoms with Crippen LogP contribution in [0.25, 0.3) is 10.9 Å². The quantitative estimate of drug-likeness (QED) is 0.0346. The van der Waals surface area contributed by atoms with Gasteiger partial charge in [-0.1, -0.05) is 59.7 Å². The Morgan fingerprint density at radius 2 is 0.890 bits per heavy atom. The average Bonchev–Trinajstić information content (AvgIpc) is 3.71. The molecule has 0 saturated heterocycles. The molecule has 0 bridgehead atoms. The summed E-state index contributed by atoms with van der Waals surface area (Å²) in [5.41, 5.74) is 6.71. The lowest BCUT2D eigenvalue weighted by atomic mass is 9.98. The van der Waals surface area contributed by atoms with E-state index in [4.69, 9.17) is 5.73 Å². The van der Waals surface area contributed by atoms with Crippen molar-refractivity contribution in [3.05, 3.63) is 36.0 Å². The van der Waals surface area contributed by atoms with Gasteiger partial charge < -0.3 is 83.9 Å². The summed E-state index contributed by atoms with van der Waals surface area (Å²) in [5, 5.41) is 78.8. The molecule has 8 amide bonds. The summed E-state index contributed by atoms with van der Waals surface area (Å²) < 4.78 is 0. The Morgan fingerprint density at radius 3 is 1.30 bits per heavy atom. The van der Waals surface area contributed by atoms with Gasteiger partial charge in [-0.3, -0.25) is 43.2 Å². The molecule has 1 aromatic heterocycles. The number of aromatic amines is 1. The number of carboxylic acid groups (broad SMARTS) is 2. The normalized spacial score (nSPS) is 16.0. The Balaban J connectivity index is 2.39. The van der Waals surface area contributed by atoms with Crippen LogP contribution >= 0.6 is 0 Å². The Bertz CT molecular complexity index is 2230. The number of rotatable bonds is 31. The van der Waals surface area contributed by atoms with E-state index in [0.29, 0.717) is 16.5 Å². The molecule has 408 valence electrons. The summed E-state index contributed by atoms with van der Waals surface area (Å²) in [4.78, 5) is 135. The van der Waals surface area contributed by atoms with Crippen LogP contribution in [0.3, 0.4) is 0 Å². The third-order valence-corrected chi connectivity index (χ3v) is 11.2. The zero-order chi connectivity index (χ0) is 55.4. The van der Waals surface area contributed by atoms with E-state index < -0.39 is 145 Å². The molecule has 0 unspecified atom stereocenters. The minimum atomic E-state index is -1.81. The number of aliphatic hydroxyl groups excluding tert-OH is 4. The van der Waals surface area contributed by atoms with Gasteiger partial charge in [0, 0.05) is 23.5 Å². The van der Waals surface area contributed by atoms with E-state index in [1.54, 1.807) is 72.0 Å². The van der Waals surface area contributed by atoms with E-state index in [2.05, 4.69) is 47.5 Å². The highest BCUT2D eigenvalue weighted by molar-refractivity contribution is 5.99. The summed E-state index contributed by atoms with van der Waals surface area (Å²) in [6.45, 7) is 10.9. The molecule has 73 heavy (non-hydrogen) atoms. The number of H-pyrrole nitrogens is 1. The number of para-hydroxylation sites is 1. The third kappa shape index (κ3) is 20.4. The molecular weight excluding hydrogens is 961 g/mol. The van der Waals surface area contributed by atoms with Gasteiger partial charge in [-0.2, -0.15) is 0 Å². The SMILES string of the molecule is CC(C)C[C@H](NC(=O)[C@H](CC(C)C)NC(=O)[C@@H](NC(=O)[C@H](CC(=O)O)NC(=O)[C@@H](N)CO)[C@@H](C)O)C(=O)N[C@@H](CC(C)C)C(=O)N[C@H](C(=O)N[C@@H](Cc1c[nH]c2ccccc12)C(=O)N[C@@H](CO)C(=O)O)[C@@H](C)O. The smallest absolute Gasteiger partial charge is 0.328 e. The first-order valence-electron chi connectivity index (χ1n) is 23.9. The fraction of sp³-hybridized carbons (Fsp3) is 0.617. The number of hydrogen-bond donors (Lipinski definition) is 16. The topological polar surface area (TPSA) is 430 Å². The van der Waals surface area contributed by atoms with Gasteiger partial charge in [0.05, 0.1) is 31.8 Å². The zero-order valence-corrected chi connectivity index (χ0v) is 42.3. The van der Waals surface area contributed by atoms with Gasteiger partial charge >= 0.3 is 11.9 Å². The van der Waals surface area contributed by atoms with E-state index in [1.165, 1.54) is 6.92 Å². The molecule has 17 N–H and O–H groups in total. The maximum Gasteiger partial charge on any atom is 0.328 e. The summed E-state index contributed by atoms with van der Waals surface area (Å²) in [6, 6.07) is -7.26. The number of carbonyl (C=O) groups is 10. The van der Waals surface area contributed by atoms with E-state index in [0.717, 1.165) is 6.92 Å². The highest BCUT2D eigenvalue weighted by atomic mass is 16.4. The van der Waals surface area contributed by atoms with Crippen molar-refractivity contribution in [2.45, 2.75) is 154 Å². The molecule has 0 aliphatic heterocycles. The molecule has 0 radical (unpaired) electrons. The Kier molecular flexibility index (Phi) is 25.4. The largest absolute Gasteiger partial charge is 0.481 e. The van der Waals surface area contributed by atoms with Crippen LogP contribution < -0.4 is 48.3 Å². The summed E-state index contributed by atoms with van der Waals surface area (Å²) >= 11 is 0. The number of amides is 8. The van der Waals surface area contributed by atoms with Crippen molar-refractivity contribution in [1.82, 2.24) is 47.5 Å². The molecule has 11 atom stereocenters. The van der Waals surface area contributed by atoms with Gasteiger partial charge in [-0.15, -0.1) is 0 Å². The lowest BCUT2D eigenvalue weighted by molar-refractivity contribution is -0.143. The van der Waals surface area contributed by atoms with Crippen LogP contribution in [0, 0.1) is 17.8 Å². The fourth-order valence-corrected chi connectivity index (χ4v) is 7.43. The van der Waals surface area contributed by atoms with Crippen molar-refractivity contribution in [2.24, 2.45) is 23.5 Å². The van der Waals surface area contributed by atoms with Crippen molar-refractivity contribution in [3.63, 3.8) is 0 Å². The Labute approximate surface area is 422 Å². The Morgan fingerprint density at radius 1 is 0.507 bits per heavy atom. The number of aliphatic hydroxyl groups is 4. The molecule has 2 aromatic rings. The van der Waals surface area contributed by atoms with Gasteiger partial charge in [0.2, 0.25) is 47.3 Å². The molecule has 0 aliphatic rings. The van der Waals surface area contributed by atoms with Crippen LogP contribution in [0.4, 0.5) is 0 Å². The molecule has 26 nitrogen and oxygen atoms in total. The third-order valence-electron chi connectivity index (χ3n) is 11.2. The monoisotopic (exact) mass is 1030 g/mol. The maximum atomic E-state index is 14.2. The number of benzene rings is 1. The average molecular weight is 1040 g/mol. The maximum absolute atomic E-state index is 14.2. The lowest BCUT2D eigenvalue weighted by Gasteiger charge is -2.30. The zero-order valence-electron chi connectivity index (χ0n) is 42.3. The van der Waals surface area contributed by atoms with E-state index in [-0.39, 0.29) is 43.4 Å². The highest BCUT2D eigenvalue weighted by Crippen LogP contribution is 2.20. The van der Waals surface area contributed by atoms with E-state index in [9.17, 15) is 78.6 Å². The van der Waals surface area contributed by atoms with Crippen molar-refractivity contribution >= 4 is 70.1 Å². The number of nitrogens with two attached hydrogens (primary N) is 1. The minimum Gasteiger partial charge on any atom is -0.481 e. The van der Waals surface area contributed by atoms with E-state index in [1.807, 2.05) is 0 Å². The number of nitrogens with one attached hydrogen (secondary N) is 9. The predicted octanol–water partition coefficient (Wildman–Crippen LogP) is -3.64. The first-order chi connectivity index (χ1) is 34.1. The number of carboxylic acids is 2. The van der Waals surface area contributed by atoms with Crippen LogP contribution in [-0.4, -0.2) is 175 Å². The second-order valence-electron chi connectivity index (χ2n) is 19.2. The molecule has 1 aromatic carbocycles. The lowest BCUT2D eigenvalue weighted by Crippen LogP contribution is -2.62. The van der Waals surface area contributed by atoms with Crippen molar-refractivity contribution in [1.29, 1.82) is 0 Å². The van der Waals surface area contributed by atoms with Gasteiger partial charge in [0.15, 0.2) is 0 Å². The number of hydrogen-bond acceptors (Lipinski definition) is 15. The molecule has 26 heteroatoms. The summed E-state index contributed by atoms with van der Waals surface area (Å²) in [5.74, 6) is -12.0. The van der Waals surface area contributed by atoms with Gasteiger partial charge in [-0.05, 0) is 62.5 Å². The number of aliphatic carboxylic acids is 2. The first-order valence-corrected chi connectivity index (χ1v) is 23.9. The first kappa shape index (κ1) is 62.4. The van der Waals surface area contributed by atoms with Crippen LogP contribution in [0.5, 0.6) is 0 Å². The molecular formula is C47H74N10O16. The van der Waals surface area contributed by atoms with Gasteiger partial charge in [0.25, 0.3) is 0 Å². The predicted molar refractivity (Wildman–Crippen MR) is 261 cm³/mol. The molecule has 0 aliphatic carbocycles. The number of aromatic nitrogens is 1. The van der Waals surface area contributed by atoms with Crippen molar-refractivity contribution in [2.75, 3.05) is 13.2 Å². The van der Waals surface area contributed by atoms with Crippen LogP contribution in [0.1, 0.15) is 86.6 Å². The minimum absolute atomic E-state index is 0.00345. The van der Waals surface area contributed by atoms with Gasteiger partial charge in [-0.25, -0.2) is 4.79 Å². The number of fused-ring (bicyclic) bond motifs is 1. The standard InChI is InChI=1S/C47H74N10O16/c1-21(2)13-30(51-41(66)31(14-22(3)4)53-45(70)37(24(7)60)57-44(69)34(17-36(62)63)50-39(64)28(48)19-58)40(65)52-32(15-23(5)6)43(68)56-38(25(8)61)46(71)54-33(42(67)55-35(20-59)47(72)73)16-26-18-49-29-12-10-9-11-27(26)29/h9-12,18,21-25,28,30-35,37-38,49,58-61H,13-17,19-20,48H2,1-8H3,(H,50,64)(H,51,66)(H,52,65)(H,53,70)(H,54,71)(H,55,67)(H,56,68)(H,57,69)(H,62,63)(H,72,73)/t24-,25-,28+,30+,31+,32+,33+,34+,35+,37+,38+/m1/s1. The van der Waals surface area contributed by atoms with Gasteiger partial charge in [0.1, 0.15) is 54.4 Å². The van der Waals surface area contributed by atoms with Crippen LogP contribution in [-0.2, 0) is 54.4 Å². The van der Waals surface area contributed by atoms with Crippen molar-refractivity contribution in [3.8, 4) is 0 Å². The van der Waals surface area contributed by atoms with Crippen LogP contribution in [0.2, 0.25) is 0 Å². The fourth-order valence-electron chi connectivity index (χ4n) is 7.43. The van der Waals surface area contributed by atoms with E-state index >= 15 is 0 Å². The number of carbonyl (C=O) groups excluding carboxylic acids is 8. The molecule has 0 spiro atoms. The molecule has 2 rings (SSSR count). The molecule has 1 heterocycles. The Hall–Kier alpha value is -6.74. The second kappa shape index (κ2) is 29.7. The second-order valence-corrected chi connectivity index (χ2v) is 19.2. The summed E-state index contributed by atoms with van der Waals surface area (Å²) in [7, 11) is 0. The van der Waals surface area contributed by atoms with Crippen LogP contribution in [0.15, 0.2) is 30.5 Å². The summed E-state index contributed by atoms with van der Waals surface area (Å²) in [6.07, 6.45) is -2.92. The highest BCUT2D eigenvalue weighted by Gasteiger charge is 2.38. The molecule has 0 fully saturated rings.